The number of halogens is 2. The van der Waals surface area contributed by atoms with Gasteiger partial charge in [0.25, 0.3) is 0 Å². The summed E-state index contributed by atoms with van der Waals surface area (Å²) in [6, 6.07) is 17.9. The molecule has 2 aromatic carbocycles. The fraction of sp³-hybridized carbons (Fsp3) is 0.500. The summed E-state index contributed by atoms with van der Waals surface area (Å²) in [5.41, 5.74) is 1.34. The van der Waals surface area contributed by atoms with Crippen LogP contribution in [0.3, 0.4) is 0 Å². The third kappa shape index (κ3) is 6.33. The van der Waals surface area contributed by atoms with E-state index in [0.717, 1.165) is 56.0 Å². The van der Waals surface area contributed by atoms with E-state index in [4.69, 9.17) is 42.7 Å². The molecule has 0 N–H and O–H groups in total. The fourth-order valence-corrected chi connectivity index (χ4v) is 7.62. The van der Waals surface area contributed by atoms with E-state index in [2.05, 4.69) is 39.5 Å². The van der Waals surface area contributed by atoms with Gasteiger partial charge in [0.05, 0.1) is 25.4 Å². The number of morpholine rings is 1. The van der Waals surface area contributed by atoms with E-state index >= 15 is 4.79 Å². The molecule has 0 unspecified atom stereocenters. The summed E-state index contributed by atoms with van der Waals surface area (Å²) in [5, 5.41) is 1.26. The highest BCUT2D eigenvalue weighted by atomic mass is 35.5. The number of aromatic nitrogens is 1. The van der Waals surface area contributed by atoms with Gasteiger partial charge < -0.3 is 14.4 Å². The van der Waals surface area contributed by atoms with E-state index in [0.29, 0.717) is 52.9 Å². The normalized spacial score (nSPS) is 24.1. The van der Waals surface area contributed by atoms with E-state index < -0.39 is 11.1 Å². The number of amidine groups is 1. The zero-order valence-electron chi connectivity index (χ0n) is 28.9. The Morgan fingerprint density at radius 1 is 0.938 bits per heavy atom. The van der Waals surface area contributed by atoms with Crippen LogP contribution in [0.4, 0.5) is 4.79 Å². The van der Waals surface area contributed by atoms with Crippen LogP contribution in [0.15, 0.2) is 65.8 Å². The topological polar surface area (TPSA) is 70.5 Å². The smallest absolute Gasteiger partial charge is 0.326 e. The zero-order chi connectivity index (χ0) is 34.3. The average molecular weight is 693 g/mol. The SMILES string of the molecule is CCOc1cc(C(C)(C)C)ncc1C1=N[C@@](C)(c2ccc(Cl)cc2)[C@@](C)(c2ccc(Cl)cc2)N1C(=O)N1CCC(N2CCOCC2)CC1. The summed E-state index contributed by atoms with van der Waals surface area (Å²) in [5.74, 6) is 1.18. The van der Waals surface area contributed by atoms with Gasteiger partial charge in [-0.25, -0.2) is 4.79 Å². The van der Waals surface area contributed by atoms with Crippen LogP contribution >= 0.6 is 23.2 Å². The third-order valence-electron chi connectivity index (χ3n) is 10.4. The van der Waals surface area contributed by atoms with Crippen molar-refractivity contribution in [2.45, 2.75) is 76.9 Å². The van der Waals surface area contributed by atoms with Gasteiger partial charge in [0.2, 0.25) is 0 Å². The van der Waals surface area contributed by atoms with Gasteiger partial charge in [0.1, 0.15) is 22.7 Å². The van der Waals surface area contributed by atoms with Crippen LogP contribution in [0.1, 0.15) is 76.8 Å². The Labute approximate surface area is 295 Å². The summed E-state index contributed by atoms with van der Waals surface area (Å²) in [6.07, 6.45) is 3.64. The van der Waals surface area contributed by atoms with Gasteiger partial charge in [-0.3, -0.25) is 19.8 Å². The van der Waals surface area contributed by atoms with Crippen LogP contribution in [0.5, 0.6) is 5.75 Å². The second-order valence-corrected chi connectivity index (χ2v) is 15.2. The highest BCUT2D eigenvalue weighted by Gasteiger charge is 2.60. The number of aliphatic imine (C=N–C) groups is 1. The highest BCUT2D eigenvalue weighted by molar-refractivity contribution is 6.30. The van der Waals surface area contributed by atoms with Gasteiger partial charge in [0, 0.05) is 65.6 Å². The summed E-state index contributed by atoms with van der Waals surface area (Å²) < 4.78 is 11.9. The number of pyridine rings is 1. The molecule has 8 nitrogen and oxygen atoms in total. The Balaban J connectivity index is 1.51. The van der Waals surface area contributed by atoms with Crippen molar-refractivity contribution >= 4 is 35.1 Å². The number of carbonyl (C=O) groups is 1. The maximum absolute atomic E-state index is 15.2. The number of hydrogen-bond donors (Lipinski definition) is 0. The Morgan fingerprint density at radius 3 is 2.08 bits per heavy atom. The number of rotatable bonds is 6. The second-order valence-electron chi connectivity index (χ2n) is 14.3. The van der Waals surface area contributed by atoms with Gasteiger partial charge >= 0.3 is 6.03 Å². The van der Waals surface area contributed by atoms with Crippen molar-refractivity contribution in [1.29, 1.82) is 0 Å². The van der Waals surface area contributed by atoms with Crippen LogP contribution in [-0.4, -0.2) is 83.6 Å². The minimum Gasteiger partial charge on any atom is -0.493 e. The first kappa shape index (κ1) is 34.7. The van der Waals surface area contributed by atoms with E-state index in [1.807, 2.05) is 77.5 Å². The van der Waals surface area contributed by atoms with Crippen molar-refractivity contribution in [1.82, 2.24) is 19.7 Å². The molecule has 3 aromatic rings. The molecule has 6 rings (SSSR count). The predicted molar refractivity (Wildman–Crippen MR) is 192 cm³/mol. The monoisotopic (exact) mass is 691 g/mol. The number of nitrogens with zero attached hydrogens (tertiary/aromatic N) is 5. The summed E-state index contributed by atoms with van der Waals surface area (Å²) >= 11 is 12.8. The molecule has 2 atom stereocenters. The van der Waals surface area contributed by atoms with Crippen molar-refractivity contribution in [2.75, 3.05) is 46.0 Å². The molecule has 2 saturated heterocycles. The first-order chi connectivity index (χ1) is 22.9. The van der Waals surface area contributed by atoms with Crippen LogP contribution in [-0.2, 0) is 21.2 Å². The lowest BCUT2D eigenvalue weighted by atomic mass is 9.71. The molecule has 2 fully saturated rings. The Morgan fingerprint density at radius 2 is 1.52 bits per heavy atom. The minimum atomic E-state index is -0.967. The highest BCUT2D eigenvalue weighted by Crippen LogP contribution is 2.54. The maximum atomic E-state index is 15.2. The molecule has 0 radical (unpaired) electrons. The molecule has 3 aliphatic heterocycles. The first-order valence-corrected chi connectivity index (χ1v) is 17.8. The Bertz CT molecular complexity index is 1640. The maximum Gasteiger partial charge on any atom is 0.326 e. The molecular weight excluding hydrogens is 645 g/mol. The van der Waals surface area contributed by atoms with Gasteiger partial charge in [-0.2, -0.15) is 0 Å². The van der Waals surface area contributed by atoms with Gasteiger partial charge in [-0.05, 0) is 69.0 Å². The van der Waals surface area contributed by atoms with Crippen molar-refractivity contribution in [3.63, 3.8) is 0 Å². The molecule has 0 spiro atoms. The molecule has 4 heterocycles. The number of benzene rings is 2. The number of amides is 2. The molecule has 3 aliphatic rings. The van der Waals surface area contributed by atoms with Gasteiger partial charge in [0.15, 0.2) is 0 Å². The van der Waals surface area contributed by atoms with Crippen molar-refractivity contribution in [3.8, 4) is 5.75 Å². The number of urea groups is 1. The van der Waals surface area contributed by atoms with E-state index in [1.54, 1.807) is 0 Å². The number of hydrogen-bond acceptors (Lipinski definition) is 6. The van der Waals surface area contributed by atoms with Crippen molar-refractivity contribution in [3.05, 3.63) is 93.2 Å². The van der Waals surface area contributed by atoms with Crippen LogP contribution in [0, 0.1) is 0 Å². The number of carbonyl (C=O) groups excluding carboxylic acids is 1. The molecule has 256 valence electrons. The number of ether oxygens (including phenoxy) is 2. The molecule has 0 bridgehead atoms. The van der Waals surface area contributed by atoms with E-state index in [-0.39, 0.29) is 11.4 Å². The predicted octanol–water partition coefficient (Wildman–Crippen LogP) is 7.89. The van der Waals surface area contributed by atoms with Gasteiger partial charge in [-0.1, -0.05) is 68.2 Å². The summed E-state index contributed by atoms with van der Waals surface area (Å²) in [7, 11) is 0. The lowest BCUT2D eigenvalue weighted by Gasteiger charge is -2.48. The van der Waals surface area contributed by atoms with Crippen LogP contribution in [0.25, 0.3) is 0 Å². The lowest BCUT2D eigenvalue weighted by molar-refractivity contribution is 0.00197. The third-order valence-corrected chi connectivity index (χ3v) is 10.9. The van der Waals surface area contributed by atoms with Crippen LogP contribution in [0.2, 0.25) is 10.0 Å². The molecule has 0 saturated carbocycles. The average Bonchev–Trinajstić information content (AvgIpc) is 3.33. The largest absolute Gasteiger partial charge is 0.493 e. The molecule has 0 aliphatic carbocycles. The van der Waals surface area contributed by atoms with Gasteiger partial charge in [-0.15, -0.1) is 0 Å². The standard InChI is InChI=1S/C38H47Cl2N5O3/c1-7-48-32-24-33(36(2,3)4)41-25-31(32)34-42-37(5,26-8-12-28(39)13-9-26)38(6,27-10-14-29(40)15-11-27)45(34)35(46)44-18-16-30(17-19-44)43-20-22-47-23-21-43/h8-15,24-25,30H,7,16-23H2,1-6H3/t37-,38+/m0/s1. The summed E-state index contributed by atoms with van der Waals surface area (Å²) in [4.78, 5) is 32.1. The molecule has 2 amide bonds. The molecular formula is C38H47Cl2N5O3. The van der Waals surface area contributed by atoms with Crippen molar-refractivity contribution in [2.24, 2.45) is 4.99 Å². The number of likely N-dealkylation sites (tertiary alicyclic amines) is 1. The molecule has 48 heavy (non-hydrogen) atoms. The number of piperidine rings is 1. The molecule has 1 aromatic heterocycles. The zero-order valence-corrected chi connectivity index (χ0v) is 30.4. The quantitative estimate of drug-likeness (QED) is 0.263. The lowest BCUT2D eigenvalue weighted by Crippen LogP contribution is -2.60. The Kier molecular flexibility index (Phi) is 9.84. The first-order valence-electron chi connectivity index (χ1n) is 17.0. The van der Waals surface area contributed by atoms with E-state index in [1.165, 1.54) is 0 Å². The van der Waals surface area contributed by atoms with E-state index in [9.17, 15) is 0 Å². The molecule has 10 heteroatoms. The minimum absolute atomic E-state index is 0.0911. The van der Waals surface area contributed by atoms with Crippen molar-refractivity contribution < 1.29 is 14.3 Å². The second kappa shape index (κ2) is 13.6. The Hall–Kier alpha value is -3.17. The summed E-state index contributed by atoms with van der Waals surface area (Å²) in [6.45, 7) is 17.7. The van der Waals surface area contributed by atoms with Crippen LogP contribution < -0.4 is 4.74 Å². The fourth-order valence-electron chi connectivity index (χ4n) is 7.36.